The molecule has 21 heavy (non-hydrogen) atoms. The van der Waals surface area contributed by atoms with Gasteiger partial charge in [0.25, 0.3) is 0 Å². The molecule has 1 unspecified atom stereocenters. The molecule has 118 valence electrons. The third kappa shape index (κ3) is 2.81. The summed E-state index contributed by atoms with van der Waals surface area (Å²) in [6, 6.07) is 1.87. The van der Waals surface area contributed by atoms with Crippen molar-refractivity contribution in [2.75, 3.05) is 18.8 Å². The Labute approximate surface area is 128 Å². The van der Waals surface area contributed by atoms with Gasteiger partial charge in [-0.15, -0.1) is 0 Å². The molecule has 1 heterocycles. The number of nitrogens with two attached hydrogens (primary N) is 1. The number of aryl methyl sites for hydroxylation is 2. The molecule has 0 saturated carbocycles. The number of hydrogen-bond donors (Lipinski definition) is 1. The van der Waals surface area contributed by atoms with Gasteiger partial charge in [0.1, 0.15) is 0 Å². The summed E-state index contributed by atoms with van der Waals surface area (Å²) < 4.78 is 27.6. The lowest BCUT2D eigenvalue weighted by Gasteiger charge is -2.22. The first-order valence-electron chi connectivity index (χ1n) is 7.52. The fourth-order valence-electron chi connectivity index (χ4n) is 3.22. The SMILES string of the molecule is Cc1cc(C)c(S(=O)(=O)N2CCC(C(C)C)C2)c(C)c1N. The van der Waals surface area contributed by atoms with Crippen LogP contribution in [-0.4, -0.2) is 25.8 Å². The summed E-state index contributed by atoms with van der Waals surface area (Å²) in [5, 5.41) is 0. The molecule has 4 nitrogen and oxygen atoms in total. The zero-order valence-corrected chi connectivity index (χ0v) is 14.4. The predicted octanol–water partition coefficient (Wildman–Crippen LogP) is 2.86. The fourth-order valence-corrected chi connectivity index (χ4v) is 5.18. The second-order valence-corrected chi connectivity index (χ2v) is 8.41. The Balaban J connectivity index is 2.45. The van der Waals surface area contributed by atoms with Crippen LogP contribution in [0.15, 0.2) is 11.0 Å². The van der Waals surface area contributed by atoms with E-state index in [4.69, 9.17) is 5.73 Å². The van der Waals surface area contributed by atoms with Gasteiger partial charge in [0.15, 0.2) is 0 Å². The van der Waals surface area contributed by atoms with Gasteiger partial charge in [0, 0.05) is 18.8 Å². The minimum absolute atomic E-state index is 0.398. The van der Waals surface area contributed by atoms with Gasteiger partial charge in [-0.1, -0.05) is 19.9 Å². The maximum atomic E-state index is 13.0. The summed E-state index contributed by atoms with van der Waals surface area (Å²) in [5.41, 5.74) is 9.02. The molecule has 0 bridgehead atoms. The average Bonchev–Trinajstić information content (AvgIpc) is 2.86. The molecule has 0 amide bonds. The summed E-state index contributed by atoms with van der Waals surface area (Å²) in [6.07, 6.45) is 0.941. The number of rotatable bonds is 3. The van der Waals surface area contributed by atoms with Crippen LogP contribution in [0.5, 0.6) is 0 Å². The van der Waals surface area contributed by atoms with Crippen molar-refractivity contribution in [3.8, 4) is 0 Å². The molecule has 1 fully saturated rings. The van der Waals surface area contributed by atoms with Crippen molar-refractivity contribution in [2.45, 2.75) is 45.9 Å². The van der Waals surface area contributed by atoms with Crippen LogP contribution in [0, 0.1) is 32.6 Å². The minimum atomic E-state index is -3.45. The molecule has 1 aromatic rings. The maximum Gasteiger partial charge on any atom is 0.243 e. The van der Waals surface area contributed by atoms with Crippen molar-refractivity contribution in [2.24, 2.45) is 11.8 Å². The third-order valence-electron chi connectivity index (χ3n) is 4.69. The first kappa shape index (κ1) is 16.3. The van der Waals surface area contributed by atoms with E-state index in [0.717, 1.165) is 17.5 Å². The number of nitrogens with zero attached hydrogens (tertiary/aromatic N) is 1. The summed E-state index contributed by atoms with van der Waals surface area (Å²) in [5.74, 6) is 0.957. The van der Waals surface area contributed by atoms with Crippen LogP contribution < -0.4 is 5.73 Å². The second kappa shape index (κ2) is 5.61. The van der Waals surface area contributed by atoms with Gasteiger partial charge in [-0.3, -0.25) is 0 Å². The Morgan fingerprint density at radius 2 is 1.86 bits per heavy atom. The first-order valence-corrected chi connectivity index (χ1v) is 8.96. The van der Waals surface area contributed by atoms with Crippen molar-refractivity contribution in [1.82, 2.24) is 4.31 Å². The Bertz CT molecular complexity index is 651. The Morgan fingerprint density at radius 1 is 1.24 bits per heavy atom. The zero-order valence-electron chi connectivity index (χ0n) is 13.6. The highest BCUT2D eigenvalue weighted by molar-refractivity contribution is 7.89. The van der Waals surface area contributed by atoms with Crippen molar-refractivity contribution in [3.63, 3.8) is 0 Å². The molecule has 5 heteroatoms. The highest BCUT2D eigenvalue weighted by Crippen LogP contribution is 2.34. The van der Waals surface area contributed by atoms with Crippen LogP contribution in [0.25, 0.3) is 0 Å². The predicted molar refractivity (Wildman–Crippen MR) is 86.8 cm³/mol. The molecular formula is C16H26N2O2S. The molecule has 2 rings (SSSR count). The van der Waals surface area contributed by atoms with Gasteiger partial charge in [-0.2, -0.15) is 4.31 Å². The molecule has 0 radical (unpaired) electrons. The van der Waals surface area contributed by atoms with E-state index < -0.39 is 10.0 Å². The van der Waals surface area contributed by atoms with Gasteiger partial charge in [0.05, 0.1) is 4.90 Å². The van der Waals surface area contributed by atoms with Crippen LogP contribution in [-0.2, 0) is 10.0 Å². The van der Waals surface area contributed by atoms with Crippen molar-refractivity contribution in [3.05, 3.63) is 22.8 Å². The van der Waals surface area contributed by atoms with Crippen LogP contribution in [0.3, 0.4) is 0 Å². The molecule has 1 aliphatic rings. The van der Waals surface area contributed by atoms with E-state index in [1.54, 1.807) is 11.2 Å². The molecule has 0 aliphatic carbocycles. The van der Waals surface area contributed by atoms with E-state index >= 15 is 0 Å². The van der Waals surface area contributed by atoms with E-state index in [0.29, 0.717) is 41.1 Å². The molecule has 2 N–H and O–H groups in total. The number of hydrogen-bond acceptors (Lipinski definition) is 3. The molecular weight excluding hydrogens is 284 g/mol. The van der Waals surface area contributed by atoms with Crippen LogP contribution in [0.1, 0.15) is 37.0 Å². The normalized spacial score (nSPS) is 20.4. The van der Waals surface area contributed by atoms with E-state index in [-0.39, 0.29) is 0 Å². The zero-order chi connectivity index (χ0) is 15.9. The molecule has 1 aromatic carbocycles. The molecule has 0 spiro atoms. The lowest BCUT2D eigenvalue weighted by molar-refractivity contribution is 0.388. The largest absolute Gasteiger partial charge is 0.398 e. The monoisotopic (exact) mass is 310 g/mol. The smallest absolute Gasteiger partial charge is 0.243 e. The van der Waals surface area contributed by atoms with Gasteiger partial charge in [-0.05, 0) is 55.7 Å². The van der Waals surface area contributed by atoms with E-state index in [1.165, 1.54) is 0 Å². The standard InChI is InChI=1S/C16H26N2O2S/c1-10(2)14-6-7-18(9-14)21(19,20)16-12(4)8-11(3)15(17)13(16)5/h8,10,14H,6-7,9,17H2,1-5H3. The average molecular weight is 310 g/mol. The quantitative estimate of drug-likeness (QED) is 0.873. The van der Waals surface area contributed by atoms with Gasteiger partial charge in [0.2, 0.25) is 10.0 Å². The van der Waals surface area contributed by atoms with E-state index in [1.807, 2.05) is 19.9 Å². The van der Waals surface area contributed by atoms with Crippen molar-refractivity contribution < 1.29 is 8.42 Å². The number of benzene rings is 1. The Hall–Kier alpha value is -1.07. The number of nitrogen functional groups attached to an aromatic ring is 1. The highest BCUT2D eigenvalue weighted by atomic mass is 32.2. The highest BCUT2D eigenvalue weighted by Gasteiger charge is 2.35. The van der Waals surface area contributed by atoms with Gasteiger partial charge in [-0.25, -0.2) is 8.42 Å². The fraction of sp³-hybridized carbons (Fsp3) is 0.625. The third-order valence-corrected chi connectivity index (χ3v) is 6.84. The van der Waals surface area contributed by atoms with Gasteiger partial charge >= 0.3 is 0 Å². The lowest BCUT2D eigenvalue weighted by Crippen LogP contribution is -2.31. The van der Waals surface area contributed by atoms with Crippen LogP contribution >= 0.6 is 0 Å². The van der Waals surface area contributed by atoms with Crippen LogP contribution in [0.4, 0.5) is 5.69 Å². The molecule has 1 saturated heterocycles. The summed E-state index contributed by atoms with van der Waals surface area (Å²) in [7, 11) is -3.45. The summed E-state index contributed by atoms with van der Waals surface area (Å²) in [4.78, 5) is 0.398. The van der Waals surface area contributed by atoms with E-state index in [9.17, 15) is 8.42 Å². The van der Waals surface area contributed by atoms with Crippen molar-refractivity contribution >= 4 is 15.7 Å². The second-order valence-electron chi connectivity index (χ2n) is 6.53. The molecule has 1 atom stereocenters. The minimum Gasteiger partial charge on any atom is -0.398 e. The van der Waals surface area contributed by atoms with Gasteiger partial charge < -0.3 is 5.73 Å². The Morgan fingerprint density at radius 3 is 2.38 bits per heavy atom. The summed E-state index contributed by atoms with van der Waals surface area (Å²) in [6.45, 7) is 11.1. The first-order chi connectivity index (χ1) is 9.66. The topological polar surface area (TPSA) is 63.4 Å². The van der Waals surface area contributed by atoms with Crippen molar-refractivity contribution in [1.29, 1.82) is 0 Å². The molecule has 0 aromatic heterocycles. The maximum absolute atomic E-state index is 13.0. The Kier molecular flexibility index (Phi) is 4.36. The van der Waals surface area contributed by atoms with Crippen LogP contribution in [0.2, 0.25) is 0 Å². The lowest BCUT2D eigenvalue weighted by atomic mass is 9.96. The number of anilines is 1. The summed E-state index contributed by atoms with van der Waals surface area (Å²) >= 11 is 0. The van der Waals surface area contributed by atoms with E-state index in [2.05, 4.69) is 13.8 Å². The molecule has 1 aliphatic heterocycles. The number of sulfonamides is 1.